The van der Waals surface area contributed by atoms with Crippen molar-refractivity contribution in [3.63, 3.8) is 0 Å². The standard InChI is InChI=1S/C32H23Cl2N5OS2/c33-24-16-8-7-15-23(24)30-37-38-32(39(30)27-18-10-9-17-25(27)34)42-20-28-35-26(19-41-28)31(40)36-29(21-11-3-1-4-12-21)22-13-5-2-6-14-22/h1-19,29H,20H2,(H,36,40). The molecule has 208 valence electrons. The first-order valence-corrected chi connectivity index (χ1v) is 15.6. The van der Waals surface area contributed by atoms with E-state index in [0.29, 0.717) is 32.5 Å². The summed E-state index contributed by atoms with van der Waals surface area (Å²) in [5, 5.41) is 16.4. The molecule has 2 heterocycles. The lowest BCUT2D eigenvalue weighted by molar-refractivity contribution is 0.0938. The van der Waals surface area contributed by atoms with Gasteiger partial charge in [0.2, 0.25) is 0 Å². The minimum atomic E-state index is -0.295. The quantitative estimate of drug-likeness (QED) is 0.163. The van der Waals surface area contributed by atoms with Crippen molar-refractivity contribution < 1.29 is 4.79 Å². The van der Waals surface area contributed by atoms with Crippen LogP contribution in [0, 0.1) is 0 Å². The van der Waals surface area contributed by atoms with Crippen LogP contribution in [0.1, 0.15) is 32.7 Å². The van der Waals surface area contributed by atoms with Gasteiger partial charge in [-0.15, -0.1) is 21.5 Å². The van der Waals surface area contributed by atoms with Gasteiger partial charge in [-0.25, -0.2) is 4.98 Å². The molecule has 6 nitrogen and oxygen atoms in total. The molecule has 2 aromatic heterocycles. The van der Waals surface area contributed by atoms with E-state index in [2.05, 4.69) is 20.5 Å². The summed E-state index contributed by atoms with van der Waals surface area (Å²) in [6.07, 6.45) is 0. The molecule has 42 heavy (non-hydrogen) atoms. The number of halogens is 2. The Morgan fingerprint density at radius 1 is 0.810 bits per heavy atom. The molecule has 0 aliphatic heterocycles. The van der Waals surface area contributed by atoms with E-state index in [1.165, 1.54) is 23.1 Å². The molecule has 0 saturated heterocycles. The fraction of sp³-hybridized carbons (Fsp3) is 0.0625. The molecule has 10 heteroatoms. The van der Waals surface area contributed by atoms with Crippen molar-refractivity contribution in [3.8, 4) is 17.1 Å². The number of hydrogen-bond acceptors (Lipinski definition) is 6. The molecule has 1 N–H and O–H groups in total. The summed E-state index contributed by atoms with van der Waals surface area (Å²) in [5.41, 5.74) is 3.86. The third-order valence-corrected chi connectivity index (χ3v) is 9.11. The summed E-state index contributed by atoms with van der Waals surface area (Å²) in [7, 11) is 0. The number of para-hydroxylation sites is 1. The Bertz CT molecular complexity index is 1790. The molecule has 0 bridgehead atoms. The second kappa shape index (κ2) is 12.9. The molecular weight excluding hydrogens is 605 g/mol. The first-order chi connectivity index (χ1) is 20.6. The maximum absolute atomic E-state index is 13.3. The second-order valence-electron chi connectivity index (χ2n) is 9.22. The first kappa shape index (κ1) is 28.2. The maximum Gasteiger partial charge on any atom is 0.271 e. The van der Waals surface area contributed by atoms with Crippen LogP contribution in [-0.2, 0) is 5.75 Å². The molecule has 0 atom stereocenters. The van der Waals surface area contributed by atoms with Gasteiger partial charge >= 0.3 is 0 Å². The van der Waals surface area contributed by atoms with Gasteiger partial charge in [0.25, 0.3) is 5.91 Å². The van der Waals surface area contributed by atoms with Gasteiger partial charge in [0, 0.05) is 10.9 Å². The monoisotopic (exact) mass is 627 g/mol. The molecule has 0 radical (unpaired) electrons. The Hall–Kier alpha value is -3.95. The van der Waals surface area contributed by atoms with Crippen LogP contribution in [-0.4, -0.2) is 25.7 Å². The summed E-state index contributed by atoms with van der Waals surface area (Å²) < 4.78 is 1.90. The van der Waals surface area contributed by atoms with E-state index in [1.54, 1.807) is 5.38 Å². The zero-order chi connectivity index (χ0) is 28.9. The van der Waals surface area contributed by atoms with Crippen molar-refractivity contribution in [1.29, 1.82) is 0 Å². The van der Waals surface area contributed by atoms with Gasteiger partial charge in [-0.3, -0.25) is 9.36 Å². The van der Waals surface area contributed by atoms with E-state index in [-0.39, 0.29) is 11.9 Å². The Kier molecular flexibility index (Phi) is 8.67. The molecule has 0 aliphatic rings. The maximum atomic E-state index is 13.3. The lowest BCUT2D eigenvalue weighted by atomic mass is 9.98. The summed E-state index contributed by atoms with van der Waals surface area (Å²) in [6, 6.07) is 34.5. The lowest BCUT2D eigenvalue weighted by Crippen LogP contribution is -2.29. The third kappa shape index (κ3) is 6.12. The van der Waals surface area contributed by atoms with Gasteiger partial charge in [0.1, 0.15) is 10.7 Å². The zero-order valence-electron chi connectivity index (χ0n) is 22.0. The molecule has 1 amide bonds. The minimum absolute atomic E-state index is 0.236. The van der Waals surface area contributed by atoms with Crippen LogP contribution in [0.4, 0.5) is 0 Å². The highest BCUT2D eigenvalue weighted by Gasteiger charge is 2.22. The van der Waals surface area contributed by atoms with E-state index in [9.17, 15) is 4.79 Å². The van der Waals surface area contributed by atoms with E-state index in [0.717, 1.165) is 27.4 Å². The molecule has 6 rings (SSSR count). The van der Waals surface area contributed by atoms with Crippen LogP contribution in [0.25, 0.3) is 17.1 Å². The van der Waals surface area contributed by atoms with E-state index in [4.69, 9.17) is 23.2 Å². The predicted molar refractivity (Wildman–Crippen MR) is 171 cm³/mol. The van der Waals surface area contributed by atoms with Crippen molar-refractivity contribution in [2.45, 2.75) is 17.0 Å². The number of benzene rings is 4. The van der Waals surface area contributed by atoms with Crippen LogP contribution >= 0.6 is 46.3 Å². The predicted octanol–water partition coefficient (Wildman–Crippen LogP) is 8.51. The third-order valence-electron chi connectivity index (χ3n) is 6.49. The largest absolute Gasteiger partial charge is 0.340 e. The Morgan fingerprint density at radius 3 is 2.10 bits per heavy atom. The Balaban J connectivity index is 1.23. The number of thiazole rings is 1. The zero-order valence-corrected chi connectivity index (χ0v) is 25.2. The summed E-state index contributed by atoms with van der Waals surface area (Å²) in [6.45, 7) is 0. The van der Waals surface area contributed by atoms with Crippen molar-refractivity contribution in [1.82, 2.24) is 25.1 Å². The summed E-state index contributed by atoms with van der Waals surface area (Å²) in [5.74, 6) is 0.841. The van der Waals surface area contributed by atoms with Crippen molar-refractivity contribution in [2.24, 2.45) is 0 Å². The SMILES string of the molecule is O=C(NC(c1ccccc1)c1ccccc1)c1csc(CSc2nnc(-c3ccccc3Cl)n2-c2ccccc2Cl)n1. The highest BCUT2D eigenvalue weighted by molar-refractivity contribution is 7.98. The van der Waals surface area contributed by atoms with Gasteiger partial charge in [-0.1, -0.05) is 120 Å². The van der Waals surface area contributed by atoms with Gasteiger partial charge in [-0.05, 0) is 35.4 Å². The molecule has 0 unspecified atom stereocenters. The van der Waals surface area contributed by atoms with Gasteiger partial charge in [0.05, 0.1) is 27.5 Å². The number of amides is 1. The van der Waals surface area contributed by atoms with E-state index in [1.807, 2.05) is 114 Å². The van der Waals surface area contributed by atoms with Gasteiger partial charge in [-0.2, -0.15) is 0 Å². The Labute approximate surface area is 261 Å². The minimum Gasteiger partial charge on any atom is -0.340 e. The highest BCUT2D eigenvalue weighted by atomic mass is 35.5. The molecule has 0 aliphatic carbocycles. The summed E-state index contributed by atoms with van der Waals surface area (Å²) >= 11 is 16.0. The van der Waals surface area contributed by atoms with Crippen molar-refractivity contribution >= 4 is 52.2 Å². The van der Waals surface area contributed by atoms with Crippen molar-refractivity contribution in [3.05, 3.63) is 146 Å². The topological polar surface area (TPSA) is 72.7 Å². The van der Waals surface area contributed by atoms with Crippen LogP contribution in [0.5, 0.6) is 0 Å². The highest BCUT2D eigenvalue weighted by Crippen LogP contribution is 2.35. The molecule has 0 spiro atoms. The Morgan fingerprint density at radius 2 is 1.43 bits per heavy atom. The van der Waals surface area contributed by atoms with Crippen LogP contribution < -0.4 is 5.32 Å². The molecule has 6 aromatic rings. The fourth-order valence-electron chi connectivity index (χ4n) is 4.49. The summed E-state index contributed by atoms with van der Waals surface area (Å²) in [4.78, 5) is 18.0. The number of nitrogens with zero attached hydrogens (tertiary/aromatic N) is 4. The van der Waals surface area contributed by atoms with Crippen LogP contribution in [0.2, 0.25) is 10.0 Å². The van der Waals surface area contributed by atoms with Crippen LogP contribution in [0.15, 0.2) is 120 Å². The van der Waals surface area contributed by atoms with Gasteiger partial charge < -0.3 is 5.32 Å². The van der Waals surface area contributed by atoms with E-state index >= 15 is 0 Å². The fourth-order valence-corrected chi connectivity index (χ4v) is 6.67. The number of carbonyl (C=O) groups excluding carboxylic acids is 1. The van der Waals surface area contributed by atoms with Gasteiger partial charge in [0.15, 0.2) is 11.0 Å². The number of hydrogen-bond donors (Lipinski definition) is 1. The molecule has 0 saturated carbocycles. The smallest absolute Gasteiger partial charge is 0.271 e. The molecule has 0 fully saturated rings. The van der Waals surface area contributed by atoms with E-state index < -0.39 is 0 Å². The average Bonchev–Trinajstić information content (AvgIpc) is 3.68. The average molecular weight is 629 g/mol. The number of nitrogens with one attached hydrogen (secondary N) is 1. The lowest BCUT2D eigenvalue weighted by Gasteiger charge is -2.19. The van der Waals surface area contributed by atoms with Crippen molar-refractivity contribution in [2.75, 3.05) is 0 Å². The first-order valence-electron chi connectivity index (χ1n) is 13.0. The number of rotatable bonds is 9. The molecular formula is C32H23Cl2N5OS2. The van der Waals surface area contributed by atoms with Crippen LogP contribution in [0.3, 0.4) is 0 Å². The number of aromatic nitrogens is 4. The second-order valence-corrected chi connectivity index (χ2v) is 11.9. The molecule has 4 aromatic carbocycles. The number of thioether (sulfide) groups is 1. The number of carbonyl (C=O) groups is 1. The normalized spacial score (nSPS) is 11.1.